The number of carbonyl (C=O) groups excluding carboxylic acids is 1. The van der Waals surface area contributed by atoms with Crippen molar-refractivity contribution in [3.05, 3.63) is 0 Å². The lowest BCUT2D eigenvalue weighted by molar-refractivity contribution is -0.169. The minimum absolute atomic E-state index is 0.188. The highest BCUT2D eigenvalue weighted by Gasteiger charge is 2.36. The molecule has 94 valence electrons. The number of esters is 1. The van der Waals surface area contributed by atoms with Gasteiger partial charge in [-0.15, -0.1) is 0 Å². The third kappa shape index (κ3) is 3.68. The summed E-state index contributed by atoms with van der Waals surface area (Å²) in [6.45, 7) is -0.373. The van der Waals surface area contributed by atoms with Gasteiger partial charge in [-0.25, -0.2) is 13.2 Å². The molecule has 16 heavy (non-hydrogen) atoms. The maximum Gasteiger partial charge on any atom is 0.335 e. The normalized spacial score (nSPS) is 31.1. The van der Waals surface area contributed by atoms with Gasteiger partial charge in [-0.3, -0.25) is 4.18 Å². The Morgan fingerprint density at radius 3 is 2.62 bits per heavy atom. The summed E-state index contributed by atoms with van der Waals surface area (Å²) < 4.78 is 44.2. The number of rotatable bonds is 3. The van der Waals surface area contributed by atoms with Crippen molar-refractivity contribution in [3.63, 3.8) is 0 Å². The third-order valence-electron chi connectivity index (χ3n) is 2.05. The zero-order valence-corrected chi connectivity index (χ0v) is 9.18. The van der Waals surface area contributed by atoms with Crippen LogP contribution in [-0.4, -0.2) is 56.1 Å². The molecule has 1 rings (SSSR count). The van der Waals surface area contributed by atoms with Crippen molar-refractivity contribution in [2.75, 3.05) is 13.7 Å². The van der Waals surface area contributed by atoms with Gasteiger partial charge in [0.05, 0.1) is 19.8 Å². The minimum Gasteiger partial charge on any atom is -0.726 e. The number of carbonyl (C=O) groups is 1. The maximum atomic E-state index is 11.0. The van der Waals surface area contributed by atoms with Crippen molar-refractivity contribution >= 4 is 16.4 Å². The average molecular weight is 255 g/mol. The van der Waals surface area contributed by atoms with Crippen LogP contribution >= 0.6 is 0 Å². The van der Waals surface area contributed by atoms with Gasteiger partial charge in [0.1, 0.15) is 6.10 Å². The summed E-state index contributed by atoms with van der Waals surface area (Å²) in [7, 11) is -3.75. The highest BCUT2D eigenvalue weighted by molar-refractivity contribution is 7.80. The van der Waals surface area contributed by atoms with Crippen molar-refractivity contribution in [3.8, 4) is 0 Å². The molecule has 0 bridgehead atoms. The predicted molar refractivity (Wildman–Crippen MR) is 47.0 cm³/mol. The summed E-state index contributed by atoms with van der Waals surface area (Å²) in [5.41, 5.74) is 0. The first-order chi connectivity index (χ1) is 7.33. The number of hydrogen-bond acceptors (Lipinski definition) is 8. The summed E-state index contributed by atoms with van der Waals surface area (Å²) in [6, 6.07) is 0. The molecule has 1 aliphatic heterocycles. The largest absolute Gasteiger partial charge is 0.726 e. The van der Waals surface area contributed by atoms with E-state index in [0.29, 0.717) is 0 Å². The molecule has 3 atom stereocenters. The Kier molecular flexibility index (Phi) is 4.21. The van der Waals surface area contributed by atoms with E-state index in [4.69, 9.17) is 4.74 Å². The third-order valence-corrected chi connectivity index (χ3v) is 2.53. The van der Waals surface area contributed by atoms with Gasteiger partial charge in [0.15, 0.2) is 6.10 Å². The summed E-state index contributed by atoms with van der Waals surface area (Å²) >= 11 is 0. The lowest BCUT2D eigenvalue weighted by Gasteiger charge is -2.31. The molecule has 1 heterocycles. The van der Waals surface area contributed by atoms with Crippen LogP contribution in [0.1, 0.15) is 6.42 Å². The predicted octanol–water partition coefficient (Wildman–Crippen LogP) is -1.85. The van der Waals surface area contributed by atoms with Gasteiger partial charge in [-0.1, -0.05) is 0 Å². The summed E-state index contributed by atoms with van der Waals surface area (Å²) in [6.07, 6.45) is -3.73. The summed E-state index contributed by atoms with van der Waals surface area (Å²) in [5, 5.41) is 9.43. The van der Waals surface area contributed by atoms with Crippen molar-refractivity contribution < 1.29 is 36.5 Å². The van der Waals surface area contributed by atoms with E-state index in [9.17, 15) is 22.9 Å². The van der Waals surface area contributed by atoms with Gasteiger partial charge >= 0.3 is 5.97 Å². The highest BCUT2D eigenvalue weighted by Crippen LogP contribution is 2.19. The van der Waals surface area contributed by atoms with E-state index >= 15 is 0 Å². The SMILES string of the molecule is COC(=O)C1CC(O)C(OS(=O)(=O)[O-])CO1. The maximum absolute atomic E-state index is 11.0. The Morgan fingerprint density at radius 1 is 1.56 bits per heavy atom. The Bertz CT molecular complexity index is 349. The Morgan fingerprint density at radius 2 is 2.19 bits per heavy atom. The Hall–Kier alpha value is -0.740. The van der Waals surface area contributed by atoms with E-state index in [0.717, 1.165) is 7.11 Å². The molecule has 0 amide bonds. The molecular formula is C7H11O8S-. The highest BCUT2D eigenvalue weighted by atomic mass is 32.3. The molecule has 8 nitrogen and oxygen atoms in total. The lowest BCUT2D eigenvalue weighted by atomic mass is 10.0. The molecule has 1 aliphatic rings. The molecule has 3 unspecified atom stereocenters. The van der Waals surface area contributed by atoms with Crippen LogP contribution in [0.5, 0.6) is 0 Å². The first-order valence-electron chi connectivity index (χ1n) is 4.35. The molecule has 0 spiro atoms. The van der Waals surface area contributed by atoms with Crippen LogP contribution in [0.4, 0.5) is 0 Å². The number of methoxy groups -OCH3 is 1. The van der Waals surface area contributed by atoms with Gasteiger partial charge < -0.3 is 19.1 Å². The lowest BCUT2D eigenvalue weighted by Crippen LogP contribution is -2.46. The molecule has 0 aromatic heterocycles. The van der Waals surface area contributed by atoms with Crippen molar-refractivity contribution in [2.45, 2.75) is 24.7 Å². The molecule has 0 saturated carbocycles. The zero-order valence-electron chi connectivity index (χ0n) is 8.36. The first-order valence-corrected chi connectivity index (χ1v) is 5.68. The number of aliphatic hydroxyl groups excluding tert-OH is 1. The van der Waals surface area contributed by atoms with Gasteiger partial charge in [0.2, 0.25) is 10.4 Å². The Labute approximate surface area is 92.1 Å². The minimum atomic E-state index is -4.91. The second kappa shape index (κ2) is 5.06. The fraction of sp³-hybridized carbons (Fsp3) is 0.857. The van der Waals surface area contributed by atoms with Crippen LogP contribution < -0.4 is 0 Å². The van der Waals surface area contributed by atoms with Crippen molar-refractivity contribution in [1.82, 2.24) is 0 Å². The number of aliphatic hydroxyl groups is 1. The zero-order chi connectivity index (χ0) is 12.3. The molecule has 0 aliphatic carbocycles. The molecular weight excluding hydrogens is 244 g/mol. The first kappa shape index (κ1) is 13.3. The molecule has 1 saturated heterocycles. The van der Waals surface area contributed by atoms with E-state index in [2.05, 4.69) is 8.92 Å². The standard InChI is InChI=1S/C7H12O8S/c1-13-7(9)5-2-4(8)6(3-14-5)15-16(10,11)12/h4-6,8H,2-3H2,1H3,(H,10,11,12)/p-1. The van der Waals surface area contributed by atoms with Crippen LogP contribution in [0.15, 0.2) is 0 Å². The van der Waals surface area contributed by atoms with E-state index in [1.54, 1.807) is 0 Å². The molecule has 1 N–H and O–H groups in total. The van der Waals surface area contributed by atoms with Crippen molar-refractivity contribution in [2.24, 2.45) is 0 Å². The second-order valence-electron chi connectivity index (χ2n) is 3.19. The van der Waals surface area contributed by atoms with Gasteiger partial charge in [0.25, 0.3) is 0 Å². The van der Waals surface area contributed by atoms with Gasteiger partial charge in [0, 0.05) is 6.42 Å². The van der Waals surface area contributed by atoms with Crippen LogP contribution in [0.2, 0.25) is 0 Å². The molecule has 0 aromatic carbocycles. The average Bonchev–Trinajstić information content (AvgIpc) is 2.18. The van der Waals surface area contributed by atoms with Gasteiger partial charge in [-0.05, 0) is 0 Å². The van der Waals surface area contributed by atoms with Crippen LogP contribution in [0.25, 0.3) is 0 Å². The van der Waals surface area contributed by atoms with E-state index in [1.165, 1.54) is 0 Å². The smallest absolute Gasteiger partial charge is 0.335 e. The second-order valence-corrected chi connectivity index (χ2v) is 4.20. The molecule has 9 heteroatoms. The van der Waals surface area contributed by atoms with E-state index < -0.39 is 34.7 Å². The molecule has 0 aromatic rings. The van der Waals surface area contributed by atoms with Crippen LogP contribution in [-0.2, 0) is 28.9 Å². The van der Waals surface area contributed by atoms with Crippen LogP contribution in [0.3, 0.4) is 0 Å². The fourth-order valence-electron chi connectivity index (χ4n) is 1.30. The van der Waals surface area contributed by atoms with Gasteiger partial charge in [-0.2, -0.15) is 0 Å². The number of ether oxygens (including phenoxy) is 2. The van der Waals surface area contributed by atoms with E-state index in [1.807, 2.05) is 0 Å². The monoisotopic (exact) mass is 255 g/mol. The quantitative estimate of drug-likeness (QED) is 0.354. The van der Waals surface area contributed by atoms with E-state index in [-0.39, 0.29) is 13.0 Å². The summed E-state index contributed by atoms with van der Waals surface area (Å²) in [5.74, 6) is -0.678. The topological polar surface area (TPSA) is 122 Å². The number of hydrogen-bond donors (Lipinski definition) is 1. The van der Waals surface area contributed by atoms with Crippen molar-refractivity contribution in [1.29, 1.82) is 0 Å². The molecule has 1 fully saturated rings. The fourth-order valence-corrected chi connectivity index (χ4v) is 1.79. The van der Waals surface area contributed by atoms with Crippen LogP contribution in [0, 0.1) is 0 Å². The molecule has 0 radical (unpaired) electrons. The Balaban J connectivity index is 2.56. The summed E-state index contributed by atoms with van der Waals surface area (Å²) in [4.78, 5) is 11.0.